The van der Waals surface area contributed by atoms with Crippen molar-refractivity contribution in [2.45, 2.75) is 24.3 Å². The van der Waals surface area contributed by atoms with Gasteiger partial charge in [0.1, 0.15) is 10.6 Å². The maximum atomic E-state index is 12.2. The third-order valence-corrected chi connectivity index (χ3v) is 4.43. The molecule has 0 aliphatic rings. The molecular formula is C11H16BrNO4S. The minimum Gasteiger partial charge on any atom is -0.495 e. The second kappa shape index (κ2) is 5.56. The van der Waals surface area contributed by atoms with Crippen LogP contribution in [0.25, 0.3) is 0 Å². The van der Waals surface area contributed by atoms with Crippen molar-refractivity contribution < 1.29 is 18.3 Å². The van der Waals surface area contributed by atoms with E-state index in [1.807, 2.05) is 0 Å². The molecule has 5 nitrogen and oxygen atoms in total. The number of aliphatic hydroxyl groups excluding tert-OH is 1. The molecule has 2 N–H and O–H groups in total. The van der Waals surface area contributed by atoms with Gasteiger partial charge in [0.2, 0.25) is 10.0 Å². The quantitative estimate of drug-likeness (QED) is 0.853. The average Bonchev–Trinajstić information content (AvgIpc) is 2.28. The number of hydrogen-bond acceptors (Lipinski definition) is 4. The van der Waals surface area contributed by atoms with Crippen LogP contribution in [0.2, 0.25) is 0 Å². The number of nitrogens with one attached hydrogen (secondary N) is 1. The lowest BCUT2D eigenvalue weighted by Gasteiger charge is -2.23. The van der Waals surface area contributed by atoms with E-state index in [4.69, 9.17) is 9.84 Å². The number of ether oxygens (including phenoxy) is 1. The summed E-state index contributed by atoms with van der Waals surface area (Å²) in [6.45, 7) is 2.88. The lowest BCUT2D eigenvalue weighted by molar-refractivity contribution is 0.208. The standard InChI is InChI=1S/C11H16BrNO4S/c1-11(2,7-14)13-18(15,16)10-6-8(12)4-5-9(10)17-3/h4-6,13-14H,7H2,1-3H3. The van der Waals surface area contributed by atoms with Crippen molar-refractivity contribution in [2.24, 2.45) is 0 Å². The van der Waals surface area contributed by atoms with Crippen LogP contribution >= 0.6 is 15.9 Å². The van der Waals surface area contributed by atoms with Crippen LogP contribution in [0.15, 0.2) is 27.6 Å². The van der Waals surface area contributed by atoms with Crippen molar-refractivity contribution in [2.75, 3.05) is 13.7 Å². The molecule has 0 aliphatic carbocycles. The predicted molar refractivity (Wildman–Crippen MR) is 72.2 cm³/mol. The molecule has 0 saturated heterocycles. The average molecular weight is 338 g/mol. The molecule has 7 heteroatoms. The van der Waals surface area contributed by atoms with Gasteiger partial charge in [-0.15, -0.1) is 0 Å². The number of benzene rings is 1. The van der Waals surface area contributed by atoms with Gasteiger partial charge >= 0.3 is 0 Å². The third-order valence-electron chi connectivity index (χ3n) is 2.22. The number of methoxy groups -OCH3 is 1. The van der Waals surface area contributed by atoms with E-state index in [0.29, 0.717) is 4.47 Å². The molecule has 0 heterocycles. The summed E-state index contributed by atoms with van der Waals surface area (Å²) in [7, 11) is -2.36. The van der Waals surface area contributed by atoms with Crippen LogP contribution in [0.3, 0.4) is 0 Å². The fourth-order valence-electron chi connectivity index (χ4n) is 1.31. The topological polar surface area (TPSA) is 75.6 Å². The van der Waals surface area contributed by atoms with Crippen LogP contribution in [-0.4, -0.2) is 32.8 Å². The summed E-state index contributed by atoms with van der Waals surface area (Å²) in [5.41, 5.74) is -0.938. The largest absolute Gasteiger partial charge is 0.495 e. The minimum atomic E-state index is -3.76. The molecule has 0 fully saturated rings. The van der Waals surface area contributed by atoms with Crippen LogP contribution in [0, 0.1) is 0 Å². The first-order valence-electron chi connectivity index (χ1n) is 5.20. The SMILES string of the molecule is COc1ccc(Br)cc1S(=O)(=O)NC(C)(C)CO. The first-order valence-corrected chi connectivity index (χ1v) is 7.48. The number of aliphatic hydroxyl groups is 1. The highest BCUT2D eigenvalue weighted by atomic mass is 79.9. The van der Waals surface area contributed by atoms with Crippen LogP contribution in [0.5, 0.6) is 5.75 Å². The molecule has 0 saturated carbocycles. The molecule has 0 unspecified atom stereocenters. The van der Waals surface area contributed by atoms with Crippen molar-refractivity contribution in [3.63, 3.8) is 0 Å². The Balaban J connectivity index is 3.24. The number of rotatable bonds is 5. The zero-order valence-corrected chi connectivity index (χ0v) is 12.8. The van der Waals surface area contributed by atoms with E-state index >= 15 is 0 Å². The number of halogens is 1. The summed E-state index contributed by atoms with van der Waals surface area (Å²) in [5.74, 6) is 0.249. The molecule has 0 aliphatic heterocycles. The summed E-state index contributed by atoms with van der Waals surface area (Å²) in [5, 5.41) is 9.12. The number of sulfonamides is 1. The van der Waals surface area contributed by atoms with Crippen molar-refractivity contribution in [3.05, 3.63) is 22.7 Å². The van der Waals surface area contributed by atoms with E-state index in [1.165, 1.54) is 13.2 Å². The molecule has 1 aromatic carbocycles. The van der Waals surface area contributed by atoms with E-state index in [9.17, 15) is 8.42 Å². The Bertz CT molecular complexity index is 528. The van der Waals surface area contributed by atoms with E-state index < -0.39 is 15.6 Å². The summed E-state index contributed by atoms with van der Waals surface area (Å²) in [6, 6.07) is 4.70. The van der Waals surface area contributed by atoms with Crippen molar-refractivity contribution in [1.82, 2.24) is 4.72 Å². The third kappa shape index (κ3) is 3.68. The van der Waals surface area contributed by atoms with Crippen LogP contribution in [0.4, 0.5) is 0 Å². The van der Waals surface area contributed by atoms with Gasteiger partial charge in [0, 0.05) is 4.47 Å². The molecule has 0 radical (unpaired) electrons. The molecule has 102 valence electrons. The van der Waals surface area contributed by atoms with Gasteiger partial charge < -0.3 is 9.84 Å². The molecule has 0 atom stereocenters. The Labute approximate surface area is 115 Å². The molecule has 18 heavy (non-hydrogen) atoms. The Kier molecular flexibility index (Phi) is 4.77. The maximum Gasteiger partial charge on any atom is 0.244 e. The van der Waals surface area contributed by atoms with Gasteiger partial charge in [-0.3, -0.25) is 0 Å². The zero-order valence-electron chi connectivity index (χ0n) is 10.4. The molecule has 0 spiro atoms. The van der Waals surface area contributed by atoms with E-state index in [1.54, 1.807) is 26.0 Å². The summed E-state index contributed by atoms with van der Waals surface area (Å²) < 4.78 is 32.5. The fraction of sp³-hybridized carbons (Fsp3) is 0.455. The molecule has 0 aromatic heterocycles. The van der Waals surface area contributed by atoms with Gasteiger partial charge in [-0.05, 0) is 32.0 Å². The minimum absolute atomic E-state index is 0.0286. The summed E-state index contributed by atoms with van der Waals surface area (Å²) in [6.07, 6.45) is 0. The van der Waals surface area contributed by atoms with Gasteiger partial charge in [0.05, 0.1) is 19.3 Å². The summed E-state index contributed by atoms with van der Waals surface area (Å²) in [4.78, 5) is 0.0286. The van der Waals surface area contributed by atoms with E-state index in [2.05, 4.69) is 20.7 Å². The predicted octanol–water partition coefficient (Wildman–Crippen LogP) is 1.51. The van der Waals surface area contributed by atoms with Gasteiger partial charge in [0.15, 0.2) is 0 Å². The van der Waals surface area contributed by atoms with E-state index in [0.717, 1.165) is 0 Å². The van der Waals surface area contributed by atoms with E-state index in [-0.39, 0.29) is 17.3 Å². The monoisotopic (exact) mass is 337 g/mol. The lowest BCUT2D eigenvalue weighted by atomic mass is 10.1. The smallest absolute Gasteiger partial charge is 0.244 e. The van der Waals surface area contributed by atoms with Crippen LogP contribution < -0.4 is 9.46 Å². The molecule has 1 aromatic rings. The highest BCUT2D eigenvalue weighted by Gasteiger charge is 2.28. The van der Waals surface area contributed by atoms with Crippen molar-refractivity contribution >= 4 is 26.0 Å². The van der Waals surface area contributed by atoms with Gasteiger partial charge in [0.25, 0.3) is 0 Å². The fourth-order valence-corrected chi connectivity index (χ4v) is 3.42. The van der Waals surface area contributed by atoms with Crippen molar-refractivity contribution in [1.29, 1.82) is 0 Å². The molecular weight excluding hydrogens is 322 g/mol. The zero-order chi connectivity index (χ0) is 14.0. The second-order valence-corrected chi connectivity index (χ2v) is 7.01. The van der Waals surface area contributed by atoms with Gasteiger partial charge in [-0.25, -0.2) is 13.1 Å². The van der Waals surface area contributed by atoms with Gasteiger partial charge in [-0.1, -0.05) is 15.9 Å². The Morgan fingerprint density at radius 2 is 2.06 bits per heavy atom. The van der Waals surface area contributed by atoms with Crippen molar-refractivity contribution in [3.8, 4) is 5.75 Å². The Hall–Kier alpha value is -0.630. The molecule has 1 rings (SSSR count). The normalized spacial score (nSPS) is 12.5. The van der Waals surface area contributed by atoms with Crippen LogP contribution in [-0.2, 0) is 10.0 Å². The highest BCUT2D eigenvalue weighted by Crippen LogP contribution is 2.27. The number of hydrogen-bond donors (Lipinski definition) is 2. The van der Waals surface area contributed by atoms with Crippen LogP contribution in [0.1, 0.15) is 13.8 Å². The maximum absolute atomic E-state index is 12.2. The first-order chi connectivity index (χ1) is 8.22. The lowest BCUT2D eigenvalue weighted by Crippen LogP contribution is -2.46. The highest BCUT2D eigenvalue weighted by molar-refractivity contribution is 9.10. The molecule has 0 amide bonds. The Morgan fingerprint density at radius 1 is 1.44 bits per heavy atom. The van der Waals surface area contributed by atoms with Gasteiger partial charge in [-0.2, -0.15) is 0 Å². The second-order valence-electron chi connectivity index (χ2n) is 4.44. The molecule has 0 bridgehead atoms. The Morgan fingerprint density at radius 3 is 2.56 bits per heavy atom. The summed E-state index contributed by atoms with van der Waals surface area (Å²) >= 11 is 3.22. The first kappa shape index (κ1) is 15.4.